The van der Waals surface area contributed by atoms with Crippen molar-refractivity contribution in [1.29, 1.82) is 0 Å². The van der Waals surface area contributed by atoms with Crippen molar-refractivity contribution < 1.29 is 18.0 Å². The number of aryl methyl sites for hydroxylation is 2. The molecule has 7 nitrogen and oxygen atoms in total. The quantitative estimate of drug-likeness (QED) is 0.449. The summed E-state index contributed by atoms with van der Waals surface area (Å²) < 4.78 is 28.5. The van der Waals surface area contributed by atoms with Crippen LogP contribution in [-0.4, -0.2) is 44.8 Å². The first-order chi connectivity index (χ1) is 17.2. The molecule has 190 valence electrons. The Labute approximate surface area is 213 Å². The highest BCUT2D eigenvalue weighted by atomic mass is 32.2. The summed E-state index contributed by atoms with van der Waals surface area (Å²) in [5.74, 6) is -0.763. The van der Waals surface area contributed by atoms with Crippen molar-refractivity contribution in [2.45, 2.75) is 44.7 Å². The Morgan fingerprint density at radius 1 is 0.889 bits per heavy atom. The van der Waals surface area contributed by atoms with Gasteiger partial charge in [-0.3, -0.25) is 13.9 Å². The summed E-state index contributed by atoms with van der Waals surface area (Å²) in [4.78, 5) is 28.1. The zero-order valence-electron chi connectivity index (χ0n) is 21.1. The molecule has 0 saturated carbocycles. The third kappa shape index (κ3) is 6.12. The first-order valence-corrected chi connectivity index (χ1v) is 13.3. The fraction of sp³-hybridized carbons (Fsp3) is 0.286. The summed E-state index contributed by atoms with van der Waals surface area (Å²) in [6, 6.07) is 21.9. The van der Waals surface area contributed by atoms with Gasteiger partial charge in [-0.2, -0.15) is 0 Å². The van der Waals surface area contributed by atoms with Gasteiger partial charge in [-0.1, -0.05) is 67.1 Å². The number of sulfonamides is 1. The van der Waals surface area contributed by atoms with E-state index in [1.165, 1.54) is 24.1 Å². The number of benzene rings is 3. The van der Waals surface area contributed by atoms with E-state index in [-0.39, 0.29) is 17.3 Å². The minimum absolute atomic E-state index is 0.0853. The second-order valence-electron chi connectivity index (χ2n) is 8.65. The van der Waals surface area contributed by atoms with E-state index in [0.29, 0.717) is 12.1 Å². The number of nitrogens with one attached hydrogen (secondary N) is 1. The van der Waals surface area contributed by atoms with E-state index in [1.54, 1.807) is 42.5 Å². The van der Waals surface area contributed by atoms with Gasteiger partial charge in [0.25, 0.3) is 10.0 Å². The molecule has 1 atom stereocenters. The molecule has 0 aromatic heterocycles. The lowest BCUT2D eigenvalue weighted by atomic mass is 10.1. The van der Waals surface area contributed by atoms with Gasteiger partial charge in [0, 0.05) is 13.6 Å². The van der Waals surface area contributed by atoms with Crippen LogP contribution in [0.2, 0.25) is 0 Å². The highest BCUT2D eigenvalue weighted by molar-refractivity contribution is 7.92. The van der Waals surface area contributed by atoms with Crippen molar-refractivity contribution >= 4 is 27.5 Å². The Kier molecular flexibility index (Phi) is 8.88. The lowest BCUT2D eigenvalue weighted by Gasteiger charge is -2.33. The Morgan fingerprint density at radius 3 is 2.08 bits per heavy atom. The molecular formula is C28H33N3O4S. The van der Waals surface area contributed by atoms with Gasteiger partial charge in [-0.15, -0.1) is 0 Å². The topological polar surface area (TPSA) is 86.8 Å². The third-order valence-electron chi connectivity index (χ3n) is 6.17. The average Bonchev–Trinajstić information content (AvgIpc) is 2.89. The smallest absolute Gasteiger partial charge is 0.264 e. The normalized spacial score (nSPS) is 12.0. The van der Waals surface area contributed by atoms with Gasteiger partial charge < -0.3 is 10.2 Å². The molecule has 3 aromatic carbocycles. The summed E-state index contributed by atoms with van der Waals surface area (Å²) in [7, 11) is -2.52. The molecule has 0 bridgehead atoms. The lowest BCUT2D eigenvalue weighted by molar-refractivity contribution is -0.140. The molecule has 1 unspecified atom stereocenters. The zero-order chi connectivity index (χ0) is 26.3. The predicted molar refractivity (Wildman–Crippen MR) is 142 cm³/mol. The van der Waals surface area contributed by atoms with E-state index >= 15 is 0 Å². The standard InChI is InChI=1S/C28H33N3O4S/c1-5-26(28(33)29-4)30(19-23-12-10-9-11-22(23)3)27(32)20-31(24-17-15-21(2)16-18-24)36(34,35)25-13-7-6-8-14-25/h6-18,26H,5,19-20H2,1-4H3,(H,29,33). The largest absolute Gasteiger partial charge is 0.357 e. The number of carbonyl (C=O) groups is 2. The number of amides is 2. The number of anilines is 1. The van der Waals surface area contributed by atoms with Crippen LogP contribution < -0.4 is 9.62 Å². The van der Waals surface area contributed by atoms with Gasteiger partial charge in [-0.05, 0) is 55.7 Å². The van der Waals surface area contributed by atoms with Crippen LogP contribution in [0.15, 0.2) is 83.8 Å². The number of hydrogen-bond donors (Lipinski definition) is 1. The monoisotopic (exact) mass is 507 g/mol. The first kappa shape index (κ1) is 26.9. The van der Waals surface area contributed by atoms with Gasteiger partial charge in [0.15, 0.2) is 0 Å². The fourth-order valence-corrected chi connectivity index (χ4v) is 5.45. The summed E-state index contributed by atoms with van der Waals surface area (Å²) >= 11 is 0. The highest BCUT2D eigenvalue weighted by Crippen LogP contribution is 2.25. The number of rotatable bonds is 10. The number of nitrogens with zero attached hydrogens (tertiary/aromatic N) is 2. The van der Waals surface area contributed by atoms with Gasteiger partial charge in [0.2, 0.25) is 11.8 Å². The van der Waals surface area contributed by atoms with Crippen LogP contribution in [0.5, 0.6) is 0 Å². The molecule has 3 aromatic rings. The van der Waals surface area contributed by atoms with Gasteiger partial charge >= 0.3 is 0 Å². The van der Waals surface area contributed by atoms with Crippen molar-refractivity contribution in [3.8, 4) is 0 Å². The van der Waals surface area contributed by atoms with Gasteiger partial charge in [-0.25, -0.2) is 8.42 Å². The number of hydrogen-bond acceptors (Lipinski definition) is 4. The van der Waals surface area contributed by atoms with E-state index in [0.717, 1.165) is 21.0 Å². The van der Waals surface area contributed by atoms with Crippen LogP contribution in [0.25, 0.3) is 0 Å². The maximum atomic E-state index is 13.8. The van der Waals surface area contributed by atoms with Crippen molar-refractivity contribution in [3.05, 3.63) is 95.6 Å². The van der Waals surface area contributed by atoms with E-state index in [9.17, 15) is 18.0 Å². The number of carbonyl (C=O) groups excluding carboxylic acids is 2. The molecule has 3 rings (SSSR count). The van der Waals surface area contributed by atoms with Crippen molar-refractivity contribution in [2.24, 2.45) is 0 Å². The second-order valence-corrected chi connectivity index (χ2v) is 10.5. The fourth-order valence-electron chi connectivity index (χ4n) is 4.02. The average molecular weight is 508 g/mol. The van der Waals surface area contributed by atoms with Crippen molar-refractivity contribution in [2.75, 3.05) is 17.9 Å². The highest BCUT2D eigenvalue weighted by Gasteiger charge is 2.33. The van der Waals surface area contributed by atoms with Crippen LogP contribution in [0.3, 0.4) is 0 Å². The minimum Gasteiger partial charge on any atom is -0.357 e. The van der Waals surface area contributed by atoms with Crippen LogP contribution >= 0.6 is 0 Å². The molecule has 0 aliphatic carbocycles. The maximum Gasteiger partial charge on any atom is 0.264 e. The predicted octanol–water partition coefficient (Wildman–Crippen LogP) is 4.05. The maximum absolute atomic E-state index is 13.8. The van der Waals surface area contributed by atoms with Gasteiger partial charge in [0.05, 0.1) is 10.6 Å². The lowest BCUT2D eigenvalue weighted by Crippen LogP contribution is -2.51. The molecular weight excluding hydrogens is 474 g/mol. The molecule has 0 aliphatic rings. The molecule has 8 heteroatoms. The summed E-state index contributed by atoms with van der Waals surface area (Å²) in [5, 5.41) is 2.63. The molecule has 0 aliphatic heterocycles. The van der Waals surface area contributed by atoms with Gasteiger partial charge in [0.1, 0.15) is 12.6 Å². The molecule has 0 fully saturated rings. The summed E-state index contributed by atoms with van der Waals surface area (Å²) in [5.41, 5.74) is 3.21. The third-order valence-corrected chi connectivity index (χ3v) is 7.95. The Balaban J connectivity index is 2.05. The summed E-state index contributed by atoms with van der Waals surface area (Å²) in [6.45, 7) is 5.42. The van der Waals surface area contributed by atoms with E-state index in [4.69, 9.17) is 0 Å². The van der Waals surface area contributed by atoms with E-state index in [2.05, 4.69) is 5.32 Å². The van der Waals surface area contributed by atoms with E-state index < -0.39 is 28.5 Å². The van der Waals surface area contributed by atoms with Crippen molar-refractivity contribution in [3.63, 3.8) is 0 Å². The molecule has 0 spiro atoms. The molecule has 0 radical (unpaired) electrons. The second kappa shape index (κ2) is 11.9. The van der Waals surface area contributed by atoms with Crippen LogP contribution in [-0.2, 0) is 26.2 Å². The van der Waals surface area contributed by atoms with Crippen LogP contribution in [0, 0.1) is 13.8 Å². The van der Waals surface area contributed by atoms with Crippen molar-refractivity contribution in [1.82, 2.24) is 10.2 Å². The SMILES string of the molecule is CCC(C(=O)NC)N(Cc1ccccc1C)C(=O)CN(c1ccc(C)cc1)S(=O)(=O)c1ccccc1. The van der Waals surface area contributed by atoms with Crippen LogP contribution in [0.4, 0.5) is 5.69 Å². The molecule has 0 saturated heterocycles. The Morgan fingerprint density at radius 2 is 1.50 bits per heavy atom. The number of likely N-dealkylation sites (N-methyl/N-ethyl adjacent to an activating group) is 1. The Bertz CT molecular complexity index is 1290. The summed E-state index contributed by atoms with van der Waals surface area (Å²) in [6.07, 6.45) is 0.382. The van der Waals surface area contributed by atoms with E-state index in [1.807, 2.05) is 45.0 Å². The zero-order valence-corrected chi connectivity index (χ0v) is 22.0. The molecule has 36 heavy (non-hydrogen) atoms. The Hall–Kier alpha value is -3.65. The van der Waals surface area contributed by atoms with Crippen LogP contribution in [0.1, 0.15) is 30.0 Å². The molecule has 0 heterocycles. The molecule has 1 N–H and O–H groups in total. The minimum atomic E-state index is -4.05. The first-order valence-electron chi connectivity index (χ1n) is 11.9. The molecule has 2 amide bonds.